The highest BCUT2D eigenvalue weighted by Gasteiger charge is 2.14. The molecule has 0 aliphatic carbocycles. The molecule has 0 radical (unpaired) electrons. The molecular weight excluding hydrogens is 400 g/mol. The van der Waals surface area contributed by atoms with Crippen molar-refractivity contribution in [2.24, 2.45) is 0 Å². The van der Waals surface area contributed by atoms with Crippen molar-refractivity contribution in [2.75, 3.05) is 24.5 Å². The minimum Gasteiger partial charge on any atom is -0.357 e. The van der Waals surface area contributed by atoms with Gasteiger partial charge in [-0.15, -0.1) is 0 Å². The van der Waals surface area contributed by atoms with E-state index in [4.69, 9.17) is 0 Å². The van der Waals surface area contributed by atoms with Gasteiger partial charge >= 0.3 is 0 Å². The number of carbonyl (C=O) groups is 1. The van der Waals surface area contributed by atoms with Gasteiger partial charge in [-0.05, 0) is 43.5 Å². The second-order valence-corrected chi connectivity index (χ2v) is 9.43. The summed E-state index contributed by atoms with van der Waals surface area (Å²) in [6, 6.07) is 10.6. The quantitative estimate of drug-likeness (QED) is 0.672. The number of pyridine rings is 1. The fourth-order valence-electron chi connectivity index (χ4n) is 3.40. The van der Waals surface area contributed by atoms with Gasteiger partial charge in [-0.1, -0.05) is 36.6 Å². The third kappa shape index (κ3) is 6.53. The van der Waals surface area contributed by atoms with Crippen molar-refractivity contribution in [3.63, 3.8) is 0 Å². The molecule has 1 aliphatic rings. The van der Waals surface area contributed by atoms with Gasteiger partial charge in [0, 0.05) is 38.8 Å². The number of carbonyl (C=O) groups excluding carboxylic acids is 1. The van der Waals surface area contributed by atoms with Crippen molar-refractivity contribution < 1.29 is 13.2 Å². The predicted molar refractivity (Wildman–Crippen MR) is 118 cm³/mol. The zero-order valence-corrected chi connectivity index (χ0v) is 18.2. The molecular formula is C22H30N4O3S. The second-order valence-electron chi connectivity index (χ2n) is 7.66. The highest BCUT2D eigenvalue weighted by molar-refractivity contribution is 7.89. The molecule has 3 rings (SSSR count). The Morgan fingerprint density at radius 1 is 1.03 bits per heavy atom. The Kier molecular flexibility index (Phi) is 7.81. The minimum atomic E-state index is -3.60. The van der Waals surface area contributed by atoms with Crippen molar-refractivity contribution in [3.05, 3.63) is 53.7 Å². The zero-order chi connectivity index (χ0) is 21.4. The Morgan fingerprint density at radius 2 is 1.73 bits per heavy atom. The van der Waals surface area contributed by atoms with Crippen molar-refractivity contribution >= 4 is 21.7 Å². The van der Waals surface area contributed by atoms with Gasteiger partial charge in [0.1, 0.15) is 5.82 Å². The third-order valence-corrected chi connectivity index (χ3v) is 6.68. The fourth-order valence-corrected chi connectivity index (χ4v) is 4.43. The molecule has 2 aromatic rings. The van der Waals surface area contributed by atoms with E-state index in [0.717, 1.165) is 30.0 Å². The van der Waals surface area contributed by atoms with E-state index in [1.54, 1.807) is 30.5 Å². The summed E-state index contributed by atoms with van der Waals surface area (Å²) in [5.74, 6) is 0.774. The number of nitrogens with zero attached hydrogens (tertiary/aromatic N) is 2. The summed E-state index contributed by atoms with van der Waals surface area (Å²) in [7, 11) is -3.60. The van der Waals surface area contributed by atoms with E-state index in [1.165, 1.54) is 25.7 Å². The Morgan fingerprint density at radius 3 is 2.37 bits per heavy atom. The number of anilines is 1. The van der Waals surface area contributed by atoms with Crippen molar-refractivity contribution in [1.29, 1.82) is 0 Å². The van der Waals surface area contributed by atoms with Crippen LogP contribution in [0.25, 0.3) is 0 Å². The molecule has 1 aliphatic heterocycles. The molecule has 2 heterocycles. The molecule has 7 nitrogen and oxygen atoms in total. The molecule has 0 saturated carbocycles. The van der Waals surface area contributed by atoms with E-state index in [9.17, 15) is 13.2 Å². The fraction of sp³-hybridized carbons (Fsp3) is 0.455. The molecule has 0 unspecified atom stereocenters. The Labute approximate surface area is 178 Å². The Balaban J connectivity index is 1.41. The van der Waals surface area contributed by atoms with Gasteiger partial charge in [0.05, 0.1) is 4.90 Å². The smallest absolute Gasteiger partial charge is 0.240 e. The van der Waals surface area contributed by atoms with Crippen LogP contribution in [0, 0.1) is 6.92 Å². The first-order valence-corrected chi connectivity index (χ1v) is 12.0. The highest BCUT2D eigenvalue weighted by Crippen LogP contribution is 2.17. The average molecular weight is 431 g/mol. The normalized spacial score (nSPS) is 14.9. The van der Waals surface area contributed by atoms with E-state index < -0.39 is 10.0 Å². The van der Waals surface area contributed by atoms with Gasteiger partial charge in [-0.3, -0.25) is 4.79 Å². The Hall–Kier alpha value is -2.45. The first-order chi connectivity index (χ1) is 14.4. The van der Waals surface area contributed by atoms with Crippen molar-refractivity contribution in [2.45, 2.75) is 50.5 Å². The topological polar surface area (TPSA) is 91.4 Å². The SMILES string of the molecule is Cc1ccc(S(=O)(=O)NCCC(=O)NCc2ccc(N3CCCCCC3)nc2)cc1. The number of rotatable bonds is 8. The number of aryl methyl sites for hydroxylation is 1. The Bertz CT molecular complexity index is 920. The van der Waals surface area contributed by atoms with E-state index >= 15 is 0 Å². The lowest BCUT2D eigenvalue weighted by atomic mass is 10.2. The summed E-state index contributed by atoms with van der Waals surface area (Å²) in [6.45, 7) is 4.40. The zero-order valence-electron chi connectivity index (χ0n) is 17.4. The standard InChI is InChI=1S/C22H30N4O3S/c1-18-6-9-20(10-7-18)30(28,29)25-13-12-22(27)24-17-19-8-11-21(23-16-19)26-14-4-2-3-5-15-26/h6-11,16,25H,2-5,12-15,17H2,1H3,(H,24,27). The number of benzene rings is 1. The van der Waals surface area contributed by atoms with Crippen LogP contribution in [0.2, 0.25) is 0 Å². The van der Waals surface area contributed by atoms with Gasteiger partial charge in [0.2, 0.25) is 15.9 Å². The summed E-state index contributed by atoms with van der Waals surface area (Å²) in [5.41, 5.74) is 1.91. The van der Waals surface area contributed by atoms with E-state index in [0.29, 0.717) is 6.54 Å². The number of sulfonamides is 1. The lowest BCUT2D eigenvalue weighted by Crippen LogP contribution is -2.30. The summed E-state index contributed by atoms with van der Waals surface area (Å²) in [5, 5.41) is 2.81. The molecule has 8 heteroatoms. The van der Waals surface area contributed by atoms with Gasteiger partial charge in [-0.2, -0.15) is 0 Å². The van der Waals surface area contributed by atoms with Gasteiger partial charge < -0.3 is 10.2 Å². The molecule has 1 amide bonds. The predicted octanol–water partition coefficient (Wildman–Crippen LogP) is 2.76. The van der Waals surface area contributed by atoms with Crippen LogP contribution in [0.4, 0.5) is 5.82 Å². The highest BCUT2D eigenvalue weighted by atomic mass is 32.2. The number of amides is 1. The van der Waals surface area contributed by atoms with E-state index in [2.05, 4.69) is 19.9 Å². The summed E-state index contributed by atoms with van der Waals surface area (Å²) < 4.78 is 26.9. The van der Waals surface area contributed by atoms with Crippen LogP contribution in [-0.2, 0) is 21.4 Å². The third-order valence-electron chi connectivity index (χ3n) is 5.20. The lowest BCUT2D eigenvalue weighted by molar-refractivity contribution is -0.121. The van der Waals surface area contributed by atoms with Crippen LogP contribution in [0.15, 0.2) is 47.5 Å². The van der Waals surface area contributed by atoms with Crippen molar-refractivity contribution in [3.8, 4) is 0 Å². The van der Waals surface area contributed by atoms with Gasteiger partial charge in [-0.25, -0.2) is 18.1 Å². The summed E-state index contributed by atoms with van der Waals surface area (Å²) >= 11 is 0. The number of hydrogen-bond donors (Lipinski definition) is 2. The molecule has 1 aromatic heterocycles. The first kappa shape index (κ1) is 22.2. The van der Waals surface area contributed by atoms with E-state index in [-0.39, 0.29) is 23.8 Å². The summed E-state index contributed by atoms with van der Waals surface area (Å²) in [4.78, 5) is 19.1. The second kappa shape index (κ2) is 10.5. The molecule has 30 heavy (non-hydrogen) atoms. The van der Waals surface area contributed by atoms with Gasteiger partial charge in [0.15, 0.2) is 0 Å². The average Bonchev–Trinajstić information content (AvgIpc) is 3.02. The molecule has 1 aromatic carbocycles. The van der Waals surface area contributed by atoms with Crippen molar-refractivity contribution in [1.82, 2.24) is 15.0 Å². The molecule has 0 atom stereocenters. The van der Waals surface area contributed by atoms with Crippen LogP contribution < -0.4 is 14.9 Å². The molecule has 1 saturated heterocycles. The van der Waals surface area contributed by atoms with Crippen LogP contribution in [0.5, 0.6) is 0 Å². The monoisotopic (exact) mass is 430 g/mol. The van der Waals surface area contributed by atoms with Crippen LogP contribution in [-0.4, -0.2) is 38.9 Å². The molecule has 1 fully saturated rings. The first-order valence-electron chi connectivity index (χ1n) is 10.5. The maximum absolute atomic E-state index is 12.2. The minimum absolute atomic E-state index is 0.0498. The van der Waals surface area contributed by atoms with Crippen LogP contribution in [0.1, 0.15) is 43.2 Å². The molecule has 162 valence electrons. The van der Waals surface area contributed by atoms with Gasteiger partial charge in [0.25, 0.3) is 0 Å². The maximum atomic E-state index is 12.2. The number of nitrogens with one attached hydrogen (secondary N) is 2. The largest absolute Gasteiger partial charge is 0.357 e. The van der Waals surface area contributed by atoms with Crippen LogP contribution in [0.3, 0.4) is 0 Å². The lowest BCUT2D eigenvalue weighted by Gasteiger charge is -2.21. The maximum Gasteiger partial charge on any atom is 0.240 e. The molecule has 0 spiro atoms. The molecule has 0 bridgehead atoms. The molecule has 2 N–H and O–H groups in total. The van der Waals surface area contributed by atoms with Crippen LogP contribution >= 0.6 is 0 Å². The van der Waals surface area contributed by atoms with E-state index in [1.807, 2.05) is 19.1 Å². The summed E-state index contributed by atoms with van der Waals surface area (Å²) in [6.07, 6.45) is 6.83. The number of hydrogen-bond acceptors (Lipinski definition) is 5. The number of aromatic nitrogens is 1.